The molecule has 5 nitrogen and oxygen atoms in total. The Morgan fingerprint density at radius 3 is 1.79 bits per heavy atom. The maximum Gasteiger partial charge on any atom is 0.472 e. The van der Waals surface area contributed by atoms with Crippen LogP contribution in [0.3, 0.4) is 0 Å². The van der Waals surface area contributed by atoms with E-state index >= 15 is 0 Å². The first-order chi connectivity index (χ1) is 13.9. The summed E-state index contributed by atoms with van der Waals surface area (Å²) in [7, 11) is -3.95. The Bertz CT molecular complexity index is 391. The third-order valence-electron chi connectivity index (χ3n) is 5.19. The summed E-state index contributed by atoms with van der Waals surface area (Å²) in [5.74, 6) is 0. The maximum absolute atomic E-state index is 12.0. The summed E-state index contributed by atoms with van der Waals surface area (Å²) < 4.78 is 28.1. The monoisotopic (exact) mass is 436 g/mol. The highest BCUT2D eigenvalue weighted by atomic mass is 31.2. The Kier molecular flexibility index (Phi) is 20.0. The second-order valence-electron chi connectivity index (χ2n) is 8.37. The van der Waals surface area contributed by atoms with E-state index in [4.69, 9.17) is 13.8 Å². The van der Waals surface area contributed by atoms with Crippen molar-refractivity contribution in [2.24, 2.45) is 0 Å². The minimum absolute atomic E-state index is 0.277. The zero-order valence-electron chi connectivity index (χ0n) is 19.7. The molecule has 3 atom stereocenters. The predicted molar refractivity (Wildman–Crippen MR) is 122 cm³/mol. The van der Waals surface area contributed by atoms with Crippen LogP contribution in [-0.4, -0.2) is 30.3 Å². The zero-order chi connectivity index (χ0) is 21.8. The van der Waals surface area contributed by atoms with Gasteiger partial charge in [-0.15, -0.1) is 0 Å². The van der Waals surface area contributed by atoms with Crippen LogP contribution < -0.4 is 0 Å². The van der Waals surface area contributed by atoms with Crippen molar-refractivity contribution in [1.82, 2.24) is 0 Å². The molecule has 0 saturated heterocycles. The van der Waals surface area contributed by atoms with Crippen LogP contribution in [0.15, 0.2) is 0 Å². The molecule has 29 heavy (non-hydrogen) atoms. The van der Waals surface area contributed by atoms with E-state index in [-0.39, 0.29) is 18.8 Å². The van der Waals surface area contributed by atoms with Crippen LogP contribution in [-0.2, 0) is 18.3 Å². The van der Waals surface area contributed by atoms with Gasteiger partial charge in [0, 0.05) is 6.61 Å². The highest BCUT2D eigenvalue weighted by Gasteiger charge is 2.23. The summed E-state index contributed by atoms with van der Waals surface area (Å²) in [6, 6.07) is 0. The van der Waals surface area contributed by atoms with Gasteiger partial charge in [0.25, 0.3) is 0 Å². The molecule has 0 rings (SSSR count). The fourth-order valence-electron chi connectivity index (χ4n) is 3.31. The minimum atomic E-state index is -3.95. The van der Waals surface area contributed by atoms with Gasteiger partial charge in [-0.05, 0) is 39.5 Å². The number of unbranched alkanes of at least 4 members (excludes halogenated alkanes) is 10. The first-order valence-corrected chi connectivity index (χ1v) is 13.7. The van der Waals surface area contributed by atoms with Crippen LogP contribution in [0.5, 0.6) is 0 Å². The van der Waals surface area contributed by atoms with Gasteiger partial charge in [-0.25, -0.2) is 4.57 Å². The quantitative estimate of drug-likeness (QED) is 0.138. The number of rotatable bonds is 22. The molecule has 0 spiro atoms. The van der Waals surface area contributed by atoms with Crippen LogP contribution in [0, 0.1) is 0 Å². The normalized spacial score (nSPS) is 15.9. The molecule has 0 saturated carbocycles. The summed E-state index contributed by atoms with van der Waals surface area (Å²) in [5, 5.41) is 0. The van der Waals surface area contributed by atoms with E-state index in [2.05, 4.69) is 20.8 Å². The van der Waals surface area contributed by atoms with Crippen LogP contribution in [0.1, 0.15) is 124 Å². The Balaban J connectivity index is 3.58. The lowest BCUT2D eigenvalue weighted by atomic mass is 10.1. The van der Waals surface area contributed by atoms with Crippen molar-refractivity contribution in [2.75, 3.05) is 13.2 Å². The van der Waals surface area contributed by atoms with E-state index in [9.17, 15) is 9.46 Å². The molecule has 0 aromatic carbocycles. The van der Waals surface area contributed by atoms with E-state index < -0.39 is 7.82 Å². The van der Waals surface area contributed by atoms with Gasteiger partial charge in [0.2, 0.25) is 0 Å². The molecule has 0 aliphatic heterocycles. The fraction of sp³-hybridized carbons (Fsp3) is 1.00. The van der Waals surface area contributed by atoms with E-state index in [0.29, 0.717) is 13.0 Å². The largest absolute Gasteiger partial charge is 0.472 e. The summed E-state index contributed by atoms with van der Waals surface area (Å²) >= 11 is 0. The van der Waals surface area contributed by atoms with Gasteiger partial charge in [-0.2, -0.15) is 0 Å². The van der Waals surface area contributed by atoms with Crippen LogP contribution >= 0.6 is 7.82 Å². The van der Waals surface area contributed by atoms with Crippen molar-refractivity contribution in [3.63, 3.8) is 0 Å². The minimum Gasteiger partial charge on any atom is -0.379 e. The molecule has 0 aliphatic rings. The Labute approximate surface area is 180 Å². The van der Waals surface area contributed by atoms with Gasteiger partial charge in [0.05, 0.1) is 18.8 Å². The smallest absolute Gasteiger partial charge is 0.379 e. The van der Waals surface area contributed by atoms with Crippen LogP contribution in [0.25, 0.3) is 0 Å². The number of hydrogen-bond acceptors (Lipinski definition) is 4. The topological polar surface area (TPSA) is 65.0 Å². The van der Waals surface area contributed by atoms with Crippen molar-refractivity contribution in [3.05, 3.63) is 0 Å². The summed E-state index contributed by atoms with van der Waals surface area (Å²) in [6.07, 6.45) is 17.2. The number of ether oxygens (including phenoxy) is 1. The molecule has 0 fully saturated rings. The van der Waals surface area contributed by atoms with E-state index in [0.717, 1.165) is 25.7 Å². The van der Waals surface area contributed by atoms with Crippen molar-refractivity contribution in [1.29, 1.82) is 0 Å². The fourth-order valence-corrected chi connectivity index (χ4v) is 4.29. The van der Waals surface area contributed by atoms with E-state index in [1.807, 2.05) is 6.92 Å². The van der Waals surface area contributed by atoms with Gasteiger partial charge in [0.15, 0.2) is 0 Å². The van der Waals surface area contributed by atoms with Gasteiger partial charge in [0.1, 0.15) is 0 Å². The number of phosphoric acid groups is 1. The summed E-state index contributed by atoms with van der Waals surface area (Å²) in [6.45, 7) is 9.28. The molecule has 3 unspecified atom stereocenters. The SMILES string of the molecule is CCCCCCCCCCCCOP(=O)(O)OC(C)CCCOC(C)CCCC. The van der Waals surface area contributed by atoms with Gasteiger partial charge >= 0.3 is 7.82 Å². The highest BCUT2D eigenvalue weighted by molar-refractivity contribution is 7.47. The second kappa shape index (κ2) is 20.0. The molecule has 0 aromatic heterocycles. The average molecular weight is 437 g/mol. The molecule has 0 aromatic rings. The van der Waals surface area contributed by atoms with Gasteiger partial charge in [-0.1, -0.05) is 84.5 Å². The van der Waals surface area contributed by atoms with Gasteiger partial charge in [-0.3, -0.25) is 9.05 Å². The molecule has 0 bridgehead atoms. The van der Waals surface area contributed by atoms with Crippen molar-refractivity contribution >= 4 is 7.82 Å². The first kappa shape index (κ1) is 29.1. The molecule has 0 heterocycles. The van der Waals surface area contributed by atoms with E-state index in [1.165, 1.54) is 64.2 Å². The lowest BCUT2D eigenvalue weighted by molar-refractivity contribution is 0.0470. The summed E-state index contributed by atoms with van der Waals surface area (Å²) in [5.41, 5.74) is 0. The Morgan fingerprint density at radius 2 is 1.21 bits per heavy atom. The van der Waals surface area contributed by atoms with E-state index in [1.54, 1.807) is 0 Å². The van der Waals surface area contributed by atoms with Crippen molar-refractivity contribution in [2.45, 2.75) is 136 Å². The third kappa shape index (κ3) is 21.1. The third-order valence-corrected chi connectivity index (χ3v) is 6.32. The lowest BCUT2D eigenvalue weighted by Gasteiger charge is -2.18. The Morgan fingerprint density at radius 1 is 0.690 bits per heavy atom. The highest BCUT2D eigenvalue weighted by Crippen LogP contribution is 2.45. The van der Waals surface area contributed by atoms with Crippen LogP contribution in [0.2, 0.25) is 0 Å². The number of phosphoric ester groups is 1. The van der Waals surface area contributed by atoms with Crippen molar-refractivity contribution < 1.29 is 23.2 Å². The second-order valence-corrected chi connectivity index (χ2v) is 9.77. The molecule has 176 valence electrons. The molecule has 1 N–H and O–H groups in total. The predicted octanol–water partition coefficient (Wildman–Crippen LogP) is 7.80. The maximum atomic E-state index is 12.0. The lowest BCUT2D eigenvalue weighted by Crippen LogP contribution is -2.12. The molecule has 0 radical (unpaired) electrons. The number of hydrogen-bond donors (Lipinski definition) is 1. The summed E-state index contributed by atoms with van der Waals surface area (Å²) in [4.78, 5) is 9.85. The average Bonchev–Trinajstić information content (AvgIpc) is 2.67. The first-order valence-electron chi connectivity index (χ1n) is 12.2. The van der Waals surface area contributed by atoms with Crippen LogP contribution in [0.4, 0.5) is 0 Å². The molecular formula is C23H49O5P. The zero-order valence-corrected chi connectivity index (χ0v) is 20.6. The molecular weight excluding hydrogens is 387 g/mol. The van der Waals surface area contributed by atoms with Gasteiger partial charge < -0.3 is 9.63 Å². The standard InChI is InChI=1S/C23H49O5P/c1-5-7-9-10-11-12-13-14-15-16-21-27-29(24,25)28-23(4)19-17-20-26-22(3)18-8-6-2/h22-23H,5-21H2,1-4H3,(H,24,25). The Hall–Kier alpha value is 0.0700. The molecule has 6 heteroatoms. The molecule has 0 amide bonds. The molecule has 0 aliphatic carbocycles. The van der Waals surface area contributed by atoms with Crippen molar-refractivity contribution in [3.8, 4) is 0 Å².